The summed E-state index contributed by atoms with van der Waals surface area (Å²) >= 11 is 0. The Morgan fingerprint density at radius 3 is 2.62 bits per heavy atom. The minimum atomic E-state index is -0.474. The molecule has 154 valence electrons. The maximum Gasteiger partial charge on any atom is 0.274 e. The summed E-state index contributed by atoms with van der Waals surface area (Å²) in [5, 5.41) is 13.6. The molecule has 0 aliphatic heterocycles. The molecule has 7 nitrogen and oxygen atoms in total. The average Bonchev–Trinajstić information content (AvgIpc) is 2.68. The second-order valence-electron chi connectivity index (χ2n) is 7.02. The van der Waals surface area contributed by atoms with Gasteiger partial charge in [0.15, 0.2) is 11.5 Å². The van der Waals surface area contributed by atoms with Crippen LogP contribution in [0.25, 0.3) is 6.08 Å². The molecule has 2 aromatic rings. The van der Waals surface area contributed by atoms with E-state index in [9.17, 15) is 14.9 Å². The predicted molar refractivity (Wildman–Crippen MR) is 113 cm³/mol. The number of ether oxygens (including phenoxy) is 2. The topological polar surface area (TPSA) is 90.7 Å². The molecular weight excluding hydrogens is 372 g/mol. The van der Waals surface area contributed by atoms with Crippen LogP contribution in [0.2, 0.25) is 0 Å². The number of nitro groups is 1. The third-order valence-corrected chi connectivity index (χ3v) is 4.24. The monoisotopic (exact) mass is 398 g/mol. The summed E-state index contributed by atoms with van der Waals surface area (Å²) in [5.74, 6) is 1.41. The smallest absolute Gasteiger partial charge is 0.274 e. The van der Waals surface area contributed by atoms with E-state index in [2.05, 4.69) is 19.2 Å². The first-order valence-corrected chi connectivity index (χ1v) is 9.35. The molecule has 0 radical (unpaired) electrons. The molecule has 1 N–H and O–H groups in total. The summed E-state index contributed by atoms with van der Waals surface area (Å²) < 4.78 is 11.1. The lowest BCUT2D eigenvalue weighted by Crippen LogP contribution is -2.08. The van der Waals surface area contributed by atoms with Crippen molar-refractivity contribution in [3.05, 3.63) is 63.7 Å². The molecule has 0 aliphatic rings. The molecule has 0 heterocycles. The van der Waals surface area contributed by atoms with Crippen LogP contribution in [-0.4, -0.2) is 24.5 Å². The fourth-order valence-corrected chi connectivity index (χ4v) is 2.55. The number of nitro benzene ring substituents is 1. The summed E-state index contributed by atoms with van der Waals surface area (Å²) in [7, 11) is 1.56. The summed E-state index contributed by atoms with van der Waals surface area (Å²) in [5.41, 5.74) is 1.63. The second-order valence-corrected chi connectivity index (χ2v) is 7.02. The Balaban J connectivity index is 2.04. The van der Waals surface area contributed by atoms with Crippen molar-refractivity contribution in [3.63, 3.8) is 0 Å². The van der Waals surface area contributed by atoms with E-state index in [0.29, 0.717) is 35.3 Å². The van der Waals surface area contributed by atoms with Crippen molar-refractivity contribution in [2.75, 3.05) is 19.0 Å². The Kier molecular flexibility index (Phi) is 7.77. The van der Waals surface area contributed by atoms with E-state index in [-0.39, 0.29) is 11.6 Å². The normalized spacial score (nSPS) is 10.9. The number of benzene rings is 2. The van der Waals surface area contributed by atoms with Gasteiger partial charge in [-0.25, -0.2) is 0 Å². The van der Waals surface area contributed by atoms with Gasteiger partial charge in [-0.05, 0) is 49.1 Å². The molecule has 1 amide bonds. The zero-order chi connectivity index (χ0) is 21.4. The van der Waals surface area contributed by atoms with Gasteiger partial charge < -0.3 is 14.8 Å². The van der Waals surface area contributed by atoms with Crippen LogP contribution in [0.15, 0.2) is 42.5 Å². The zero-order valence-electron chi connectivity index (χ0n) is 17.1. The molecule has 0 fully saturated rings. The van der Waals surface area contributed by atoms with Gasteiger partial charge in [0.2, 0.25) is 5.91 Å². The average molecular weight is 398 g/mol. The van der Waals surface area contributed by atoms with E-state index in [1.54, 1.807) is 44.4 Å². The van der Waals surface area contributed by atoms with E-state index in [1.165, 1.54) is 12.1 Å². The maximum absolute atomic E-state index is 12.2. The molecule has 0 aromatic heterocycles. The van der Waals surface area contributed by atoms with Crippen molar-refractivity contribution in [1.82, 2.24) is 0 Å². The number of carbonyl (C=O) groups excluding carboxylic acids is 1. The van der Waals surface area contributed by atoms with Crippen LogP contribution in [-0.2, 0) is 4.79 Å². The molecule has 2 aromatic carbocycles. The van der Waals surface area contributed by atoms with Gasteiger partial charge in [-0.2, -0.15) is 0 Å². The number of carbonyl (C=O) groups is 1. The second kappa shape index (κ2) is 10.3. The standard InChI is InChI=1S/C22H26N2O5/c1-15(2)11-12-29-20-9-6-17(13-21(20)28-4)7-10-22(25)23-18-8-5-16(3)19(14-18)24(26)27/h5-10,13-15H,11-12H2,1-4H3,(H,23,25)/b10-7+. The van der Waals surface area contributed by atoms with Crippen LogP contribution >= 0.6 is 0 Å². The third-order valence-electron chi connectivity index (χ3n) is 4.24. The van der Waals surface area contributed by atoms with Crippen molar-refractivity contribution in [1.29, 1.82) is 0 Å². The van der Waals surface area contributed by atoms with Gasteiger partial charge >= 0.3 is 0 Å². The molecule has 7 heteroatoms. The Morgan fingerprint density at radius 2 is 1.97 bits per heavy atom. The van der Waals surface area contributed by atoms with Crippen molar-refractivity contribution >= 4 is 23.4 Å². The summed E-state index contributed by atoms with van der Waals surface area (Å²) in [6, 6.07) is 9.98. The highest BCUT2D eigenvalue weighted by Gasteiger charge is 2.12. The molecule has 0 aliphatic carbocycles. The van der Waals surface area contributed by atoms with Crippen LogP contribution in [0, 0.1) is 23.0 Å². The molecule has 0 unspecified atom stereocenters. The number of anilines is 1. The lowest BCUT2D eigenvalue weighted by molar-refractivity contribution is -0.385. The largest absolute Gasteiger partial charge is 0.493 e. The Morgan fingerprint density at radius 1 is 1.21 bits per heavy atom. The summed E-state index contributed by atoms with van der Waals surface area (Å²) in [6.45, 7) is 6.52. The Labute approximate surface area is 170 Å². The fraction of sp³-hybridized carbons (Fsp3) is 0.318. The molecule has 29 heavy (non-hydrogen) atoms. The number of nitrogens with zero attached hydrogens (tertiary/aromatic N) is 1. The van der Waals surface area contributed by atoms with Crippen molar-refractivity contribution in [3.8, 4) is 11.5 Å². The SMILES string of the molecule is COc1cc(/C=C/C(=O)Nc2ccc(C)c([N+](=O)[O-])c2)ccc1OCCC(C)C. The third kappa shape index (κ3) is 6.64. The highest BCUT2D eigenvalue weighted by atomic mass is 16.6. The number of hydrogen-bond donors (Lipinski definition) is 1. The number of methoxy groups -OCH3 is 1. The van der Waals surface area contributed by atoms with E-state index in [4.69, 9.17) is 9.47 Å². The molecular formula is C22H26N2O5. The van der Waals surface area contributed by atoms with Gasteiger partial charge in [0, 0.05) is 23.4 Å². The van der Waals surface area contributed by atoms with Crippen LogP contribution in [0.5, 0.6) is 11.5 Å². The molecule has 0 atom stereocenters. The van der Waals surface area contributed by atoms with Crippen LogP contribution in [0.3, 0.4) is 0 Å². The maximum atomic E-state index is 12.2. The predicted octanol–water partition coefficient (Wildman–Crippen LogP) is 4.99. The Hall–Kier alpha value is -3.35. The van der Waals surface area contributed by atoms with Crippen LogP contribution < -0.4 is 14.8 Å². The van der Waals surface area contributed by atoms with Crippen molar-refractivity contribution < 1.29 is 19.2 Å². The van der Waals surface area contributed by atoms with Gasteiger partial charge in [-0.15, -0.1) is 0 Å². The Bertz CT molecular complexity index is 906. The van der Waals surface area contributed by atoms with E-state index < -0.39 is 4.92 Å². The first-order chi connectivity index (χ1) is 13.8. The van der Waals surface area contributed by atoms with Gasteiger partial charge in [-0.3, -0.25) is 14.9 Å². The van der Waals surface area contributed by atoms with Gasteiger partial charge in [0.05, 0.1) is 18.6 Å². The van der Waals surface area contributed by atoms with Gasteiger partial charge in [0.25, 0.3) is 5.69 Å². The minimum absolute atomic E-state index is 0.0374. The number of amides is 1. The quantitative estimate of drug-likeness (QED) is 0.365. The fourth-order valence-electron chi connectivity index (χ4n) is 2.55. The summed E-state index contributed by atoms with van der Waals surface area (Å²) in [4.78, 5) is 22.7. The van der Waals surface area contributed by atoms with Crippen molar-refractivity contribution in [2.45, 2.75) is 27.2 Å². The van der Waals surface area contributed by atoms with Gasteiger partial charge in [0.1, 0.15) is 0 Å². The van der Waals surface area contributed by atoms with Crippen LogP contribution in [0.4, 0.5) is 11.4 Å². The molecule has 0 bridgehead atoms. The first-order valence-electron chi connectivity index (χ1n) is 9.35. The number of aryl methyl sites for hydroxylation is 1. The molecule has 0 saturated heterocycles. The number of rotatable bonds is 9. The lowest BCUT2D eigenvalue weighted by Gasteiger charge is -2.12. The van der Waals surface area contributed by atoms with E-state index in [1.807, 2.05) is 6.07 Å². The zero-order valence-corrected chi connectivity index (χ0v) is 17.1. The highest BCUT2D eigenvalue weighted by Crippen LogP contribution is 2.29. The van der Waals surface area contributed by atoms with E-state index in [0.717, 1.165) is 12.0 Å². The number of nitrogens with one attached hydrogen (secondary N) is 1. The lowest BCUT2D eigenvalue weighted by atomic mass is 10.1. The number of hydrogen-bond acceptors (Lipinski definition) is 5. The van der Waals surface area contributed by atoms with E-state index >= 15 is 0 Å². The minimum Gasteiger partial charge on any atom is -0.493 e. The summed E-state index contributed by atoms with van der Waals surface area (Å²) in [6.07, 6.45) is 3.94. The molecule has 2 rings (SSSR count). The highest BCUT2D eigenvalue weighted by molar-refractivity contribution is 6.02. The van der Waals surface area contributed by atoms with Crippen molar-refractivity contribution in [2.24, 2.45) is 5.92 Å². The molecule has 0 spiro atoms. The molecule has 0 saturated carbocycles. The van der Waals surface area contributed by atoms with Gasteiger partial charge in [-0.1, -0.05) is 26.0 Å². The first kappa shape index (κ1) is 21.9. The van der Waals surface area contributed by atoms with Crippen LogP contribution in [0.1, 0.15) is 31.4 Å².